The van der Waals surface area contributed by atoms with Crippen LogP contribution in [0.4, 0.5) is 4.79 Å². The molecule has 0 radical (unpaired) electrons. The zero-order valence-electron chi connectivity index (χ0n) is 16.6. The molecule has 1 aliphatic heterocycles. The molecule has 1 aromatic heterocycles. The SMILES string of the molecule is CC(C)OC(=O)N[C@H]1Cc2c(n(C[C@H]3NCC[C@H]3O)c3ccc(C#N)cc23)C1.Cl. The van der Waals surface area contributed by atoms with E-state index in [2.05, 4.69) is 21.3 Å². The van der Waals surface area contributed by atoms with Gasteiger partial charge in [0.05, 0.1) is 29.9 Å². The lowest BCUT2D eigenvalue weighted by atomic mass is 10.1. The van der Waals surface area contributed by atoms with E-state index in [-0.39, 0.29) is 36.7 Å². The number of hydrogen-bond acceptors (Lipinski definition) is 5. The van der Waals surface area contributed by atoms with Gasteiger partial charge in [-0.2, -0.15) is 5.26 Å². The number of nitrogens with one attached hydrogen (secondary N) is 2. The normalized spacial score (nSPS) is 22.9. The van der Waals surface area contributed by atoms with Crippen LogP contribution in [0.3, 0.4) is 0 Å². The quantitative estimate of drug-likeness (QED) is 0.707. The third-order valence-electron chi connectivity index (χ3n) is 5.66. The number of carbonyl (C=O) groups is 1. The highest BCUT2D eigenvalue weighted by atomic mass is 35.5. The highest BCUT2D eigenvalue weighted by Gasteiger charge is 2.32. The van der Waals surface area contributed by atoms with Gasteiger partial charge in [-0.25, -0.2) is 4.79 Å². The maximum atomic E-state index is 12.0. The second-order valence-electron chi connectivity index (χ2n) is 8.00. The molecule has 0 saturated carbocycles. The van der Waals surface area contributed by atoms with E-state index in [1.165, 1.54) is 11.3 Å². The summed E-state index contributed by atoms with van der Waals surface area (Å²) in [6.45, 7) is 5.14. The number of rotatable bonds is 4. The minimum absolute atomic E-state index is 0. The van der Waals surface area contributed by atoms with Gasteiger partial charge < -0.3 is 25.0 Å². The van der Waals surface area contributed by atoms with Crippen molar-refractivity contribution in [3.8, 4) is 6.07 Å². The Morgan fingerprint density at radius 1 is 1.45 bits per heavy atom. The van der Waals surface area contributed by atoms with Crippen LogP contribution in [0.25, 0.3) is 10.9 Å². The number of halogens is 1. The van der Waals surface area contributed by atoms with Gasteiger partial charge in [0.25, 0.3) is 0 Å². The highest BCUT2D eigenvalue weighted by Crippen LogP contribution is 2.34. The molecule has 1 amide bonds. The molecule has 0 unspecified atom stereocenters. The number of aliphatic hydroxyl groups is 1. The first kappa shape index (κ1) is 21.4. The van der Waals surface area contributed by atoms with Crippen molar-refractivity contribution in [3.05, 3.63) is 35.0 Å². The van der Waals surface area contributed by atoms with Gasteiger partial charge in [0, 0.05) is 35.6 Å². The van der Waals surface area contributed by atoms with Crippen LogP contribution in [0.1, 0.15) is 37.1 Å². The zero-order chi connectivity index (χ0) is 19.8. The van der Waals surface area contributed by atoms with E-state index in [9.17, 15) is 15.2 Å². The molecule has 1 aliphatic carbocycles. The Morgan fingerprint density at radius 2 is 2.24 bits per heavy atom. The Balaban J connectivity index is 0.00000240. The van der Waals surface area contributed by atoms with E-state index in [0.29, 0.717) is 24.9 Å². The first-order valence-corrected chi connectivity index (χ1v) is 9.89. The maximum Gasteiger partial charge on any atom is 0.407 e. The fourth-order valence-electron chi connectivity index (χ4n) is 4.42. The lowest BCUT2D eigenvalue weighted by molar-refractivity contribution is 0.112. The number of alkyl carbamates (subject to hydrolysis) is 1. The largest absolute Gasteiger partial charge is 0.447 e. The van der Waals surface area contributed by atoms with Crippen molar-refractivity contribution in [2.75, 3.05) is 6.54 Å². The first-order valence-electron chi connectivity index (χ1n) is 9.89. The molecule has 156 valence electrons. The van der Waals surface area contributed by atoms with E-state index in [4.69, 9.17) is 4.74 Å². The van der Waals surface area contributed by atoms with E-state index >= 15 is 0 Å². The summed E-state index contributed by atoms with van der Waals surface area (Å²) in [5.74, 6) is 0. The van der Waals surface area contributed by atoms with E-state index in [1.807, 2.05) is 32.0 Å². The van der Waals surface area contributed by atoms with E-state index in [0.717, 1.165) is 23.9 Å². The summed E-state index contributed by atoms with van der Waals surface area (Å²) < 4.78 is 7.46. The second kappa shape index (κ2) is 8.62. The number of fused-ring (bicyclic) bond motifs is 3. The van der Waals surface area contributed by atoms with Crippen molar-refractivity contribution in [1.29, 1.82) is 5.26 Å². The Kier molecular flexibility index (Phi) is 6.37. The van der Waals surface area contributed by atoms with Crippen molar-refractivity contribution < 1.29 is 14.6 Å². The smallest absolute Gasteiger partial charge is 0.407 e. The molecule has 3 atom stereocenters. The second-order valence-corrected chi connectivity index (χ2v) is 8.00. The zero-order valence-corrected chi connectivity index (χ0v) is 17.5. The van der Waals surface area contributed by atoms with Gasteiger partial charge in [0.1, 0.15) is 0 Å². The Morgan fingerprint density at radius 3 is 2.90 bits per heavy atom. The van der Waals surface area contributed by atoms with Gasteiger partial charge >= 0.3 is 6.09 Å². The third kappa shape index (κ3) is 4.20. The predicted molar refractivity (Wildman–Crippen MR) is 112 cm³/mol. The number of aromatic nitrogens is 1. The number of nitriles is 1. The average molecular weight is 419 g/mol. The fraction of sp³-hybridized carbons (Fsp3) is 0.524. The Labute approximate surface area is 176 Å². The van der Waals surface area contributed by atoms with Crippen LogP contribution < -0.4 is 10.6 Å². The van der Waals surface area contributed by atoms with Crippen LogP contribution in [0.2, 0.25) is 0 Å². The van der Waals surface area contributed by atoms with Gasteiger partial charge in [-0.1, -0.05) is 0 Å². The summed E-state index contributed by atoms with van der Waals surface area (Å²) in [6, 6.07) is 7.95. The third-order valence-corrected chi connectivity index (χ3v) is 5.66. The minimum atomic E-state index is -0.397. The van der Waals surface area contributed by atoms with Crippen LogP contribution in [-0.4, -0.2) is 46.6 Å². The van der Waals surface area contributed by atoms with Crippen LogP contribution in [0, 0.1) is 11.3 Å². The first-order chi connectivity index (χ1) is 13.5. The number of carbonyl (C=O) groups excluding carboxylic acids is 1. The number of aliphatic hydroxyl groups excluding tert-OH is 1. The molecule has 29 heavy (non-hydrogen) atoms. The molecule has 7 nitrogen and oxygen atoms in total. The highest BCUT2D eigenvalue weighted by molar-refractivity contribution is 5.88. The Bertz CT molecular complexity index is 950. The van der Waals surface area contributed by atoms with Crippen LogP contribution in [0.5, 0.6) is 0 Å². The molecule has 3 N–H and O–H groups in total. The monoisotopic (exact) mass is 418 g/mol. The lowest BCUT2D eigenvalue weighted by Gasteiger charge is -2.20. The molecule has 1 aromatic carbocycles. The van der Waals surface area contributed by atoms with Crippen molar-refractivity contribution in [2.24, 2.45) is 0 Å². The summed E-state index contributed by atoms with van der Waals surface area (Å²) in [4.78, 5) is 12.0. The molecule has 2 aromatic rings. The number of amides is 1. The number of hydrogen-bond donors (Lipinski definition) is 3. The van der Waals surface area contributed by atoms with Crippen LogP contribution >= 0.6 is 12.4 Å². The molecule has 1 saturated heterocycles. The Hall–Kier alpha value is -2.27. The van der Waals surface area contributed by atoms with Crippen molar-refractivity contribution >= 4 is 29.4 Å². The molecule has 4 rings (SSSR count). The molecule has 0 spiro atoms. The van der Waals surface area contributed by atoms with Gasteiger partial charge in [0.2, 0.25) is 0 Å². The van der Waals surface area contributed by atoms with Crippen molar-refractivity contribution in [3.63, 3.8) is 0 Å². The van der Waals surface area contributed by atoms with Crippen LogP contribution in [0.15, 0.2) is 18.2 Å². The molecule has 0 bridgehead atoms. The van der Waals surface area contributed by atoms with Gasteiger partial charge in [-0.05, 0) is 57.0 Å². The van der Waals surface area contributed by atoms with Gasteiger partial charge in [-0.3, -0.25) is 0 Å². The van der Waals surface area contributed by atoms with Crippen molar-refractivity contribution in [1.82, 2.24) is 15.2 Å². The molecule has 8 heteroatoms. The maximum absolute atomic E-state index is 12.0. The fourth-order valence-corrected chi connectivity index (χ4v) is 4.42. The number of benzene rings is 1. The summed E-state index contributed by atoms with van der Waals surface area (Å²) in [5.41, 5.74) is 4.05. The topological polar surface area (TPSA) is 99.3 Å². The molecular weight excluding hydrogens is 392 g/mol. The van der Waals surface area contributed by atoms with E-state index in [1.54, 1.807) is 0 Å². The summed E-state index contributed by atoms with van der Waals surface area (Å²) in [7, 11) is 0. The summed E-state index contributed by atoms with van der Waals surface area (Å²) in [6.07, 6.45) is 1.26. The van der Waals surface area contributed by atoms with E-state index < -0.39 is 6.09 Å². The number of nitrogens with zero attached hydrogens (tertiary/aromatic N) is 2. The van der Waals surface area contributed by atoms with Gasteiger partial charge in [-0.15, -0.1) is 12.4 Å². The van der Waals surface area contributed by atoms with Crippen molar-refractivity contribution in [2.45, 2.75) is 63.9 Å². The van der Waals surface area contributed by atoms with Crippen LogP contribution in [-0.2, 0) is 24.1 Å². The molecule has 2 aliphatic rings. The standard InChI is InChI=1S/C21H26N4O3.ClH/c1-12(2)28-21(27)24-14-8-16-15-7-13(10-22)3-4-18(15)25(19(16)9-14)11-17-20(26)5-6-23-17;/h3-4,7,12,14,17,20,23,26H,5-6,8-9,11H2,1-2H3,(H,24,27);1H/t14-,17+,20+;/m0./s1. The summed E-state index contributed by atoms with van der Waals surface area (Å²) >= 11 is 0. The number of ether oxygens (including phenoxy) is 1. The minimum Gasteiger partial charge on any atom is -0.447 e. The molecule has 1 fully saturated rings. The van der Waals surface area contributed by atoms with Gasteiger partial charge in [0.15, 0.2) is 0 Å². The average Bonchev–Trinajstić information content (AvgIpc) is 3.30. The molecular formula is C21H27ClN4O3. The predicted octanol–water partition coefficient (Wildman–Crippen LogP) is 2.26. The molecule has 2 heterocycles. The summed E-state index contributed by atoms with van der Waals surface area (Å²) in [5, 5.41) is 26.9. The lowest BCUT2D eigenvalue weighted by Crippen LogP contribution is -2.38.